The molecule has 0 bridgehead atoms. The molecule has 0 saturated carbocycles. The highest BCUT2D eigenvalue weighted by atomic mass is 16.5. The second-order valence-corrected chi connectivity index (χ2v) is 5.99. The Morgan fingerprint density at radius 1 is 0.846 bits per heavy atom. The zero-order chi connectivity index (χ0) is 18.2. The van der Waals surface area contributed by atoms with Crippen LogP contribution in [0.2, 0.25) is 0 Å². The van der Waals surface area contributed by atoms with Gasteiger partial charge in [-0.3, -0.25) is 4.79 Å². The molecule has 0 aromatic heterocycles. The molecule has 0 spiro atoms. The van der Waals surface area contributed by atoms with E-state index < -0.39 is 0 Å². The Balaban J connectivity index is 1.48. The maximum atomic E-state index is 12.2. The van der Waals surface area contributed by atoms with E-state index in [1.54, 1.807) is 0 Å². The smallest absolute Gasteiger partial charge is 0.226 e. The number of rotatable bonds is 7. The van der Waals surface area contributed by atoms with E-state index in [9.17, 15) is 4.79 Å². The lowest BCUT2D eigenvalue weighted by atomic mass is 10.2. The van der Waals surface area contributed by atoms with E-state index in [1.807, 2.05) is 92.0 Å². The van der Waals surface area contributed by atoms with Crippen LogP contribution in [-0.4, -0.2) is 19.5 Å². The van der Waals surface area contributed by atoms with Gasteiger partial charge in [0.05, 0.1) is 0 Å². The van der Waals surface area contributed by atoms with Crippen molar-refractivity contribution in [3.63, 3.8) is 0 Å². The summed E-state index contributed by atoms with van der Waals surface area (Å²) in [4.78, 5) is 14.2. The molecule has 132 valence electrons. The zero-order valence-corrected chi connectivity index (χ0v) is 14.8. The third kappa shape index (κ3) is 5.11. The topological polar surface area (TPSA) is 41.6 Å². The van der Waals surface area contributed by atoms with Gasteiger partial charge in [0.15, 0.2) is 0 Å². The van der Waals surface area contributed by atoms with E-state index in [4.69, 9.17) is 4.74 Å². The third-order valence-corrected chi connectivity index (χ3v) is 3.99. The number of benzene rings is 3. The standard InChI is InChI=1S/C22H22N2O2/c1-24(19-8-4-2-5-9-19)17-16-22(25)23-18-12-14-21(15-13-18)26-20-10-6-3-7-11-20/h2-15H,16-17H2,1H3,(H,23,25). The van der Waals surface area contributed by atoms with Crippen LogP contribution in [0.25, 0.3) is 0 Å². The SMILES string of the molecule is CN(CCC(=O)Nc1ccc(Oc2ccccc2)cc1)c1ccccc1. The molecule has 0 heterocycles. The van der Waals surface area contributed by atoms with Crippen molar-refractivity contribution in [2.45, 2.75) is 6.42 Å². The Morgan fingerprint density at radius 2 is 1.42 bits per heavy atom. The molecule has 0 aliphatic carbocycles. The monoisotopic (exact) mass is 346 g/mol. The van der Waals surface area contributed by atoms with E-state index >= 15 is 0 Å². The molecule has 4 nitrogen and oxygen atoms in total. The van der Waals surface area contributed by atoms with Crippen molar-refractivity contribution >= 4 is 17.3 Å². The van der Waals surface area contributed by atoms with Crippen LogP contribution in [0.5, 0.6) is 11.5 Å². The van der Waals surface area contributed by atoms with Crippen LogP contribution in [-0.2, 0) is 4.79 Å². The lowest BCUT2D eigenvalue weighted by Crippen LogP contribution is -2.23. The molecule has 3 aromatic carbocycles. The van der Waals surface area contributed by atoms with E-state index in [0.29, 0.717) is 13.0 Å². The van der Waals surface area contributed by atoms with Crippen LogP contribution >= 0.6 is 0 Å². The predicted octanol–water partition coefficient (Wildman–Crippen LogP) is 4.94. The summed E-state index contributed by atoms with van der Waals surface area (Å²) in [5.74, 6) is 1.51. The third-order valence-electron chi connectivity index (χ3n) is 3.99. The number of nitrogens with one attached hydrogen (secondary N) is 1. The van der Waals surface area contributed by atoms with Crippen LogP contribution in [0.4, 0.5) is 11.4 Å². The highest BCUT2D eigenvalue weighted by molar-refractivity contribution is 5.91. The summed E-state index contributed by atoms with van der Waals surface area (Å²) >= 11 is 0. The normalized spacial score (nSPS) is 10.2. The van der Waals surface area contributed by atoms with Gasteiger partial charge in [0.1, 0.15) is 11.5 Å². The van der Waals surface area contributed by atoms with Crippen LogP contribution in [0.3, 0.4) is 0 Å². The summed E-state index contributed by atoms with van der Waals surface area (Å²) in [7, 11) is 1.98. The van der Waals surface area contributed by atoms with Gasteiger partial charge in [-0.05, 0) is 48.5 Å². The summed E-state index contributed by atoms with van der Waals surface area (Å²) in [5, 5.41) is 2.92. The van der Waals surface area contributed by atoms with Crippen molar-refractivity contribution in [3.8, 4) is 11.5 Å². The molecule has 26 heavy (non-hydrogen) atoms. The van der Waals surface area contributed by atoms with Gasteiger partial charge in [0.2, 0.25) is 5.91 Å². The Labute approximate surface area is 154 Å². The summed E-state index contributed by atoms with van der Waals surface area (Å²) < 4.78 is 5.75. The quantitative estimate of drug-likeness (QED) is 0.658. The van der Waals surface area contributed by atoms with E-state index in [0.717, 1.165) is 22.9 Å². The highest BCUT2D eigenvalue weighted by Crippen LogP contribution is 2.22. The fourth-order valence-corrected chi connectivity index (χ4v) is 2.54. The number of carbonyl (C=O) groups is 1. The van der Waals surface area contributed by atoms with Crippen molar-refractivity contribution in [1.82, 2.24) is 0 Å². The molecule has 0 radical (unpaired) electrons. The largest absolute Gasteiger partial charge is 0.457 e. The summed E-state index contributed by atoms with van der Waals surface area (Å²) in [6.07, 6.45) is 0.424. The minimum atomic E-state index is -0.00971. The molecule has 0 atom stereocenters. The van der Waals surface area contributed by atoms with Crippen molar-refractivity contribution in [3.05, 3.63) is 84.9 Å². The van der Waals surface area contributed by atoms with Crippen molar-refractivity contribution in [1.29, 1.82) is 0 Å². The molecule has 3 aromatic rings. The fourth-order valence-electron chi connectivity index (χ4n) is 2.54. The van der Waals surface area contributed by atoms with Crippen molar-refractivity contribution in [2.75, 3.05) is 23.8 Å². The maximum absolute atomic E-state index is 12.2. The number of amides is 1. The Kier molecular flexibility index (Phi) is 5.88. The average molecular weight is 346 g/mol. The minimum Gasteiger partial charge on any atom is -0.457 e. The van der Waals surface area contributed by atoms with Crippen molar-refractivity contribution in [2.24, 2.45) is 0 Å². The Hall–Kier alpha value is -3.27. The second-order valence-electron chi connectivity index (χ2n) is 5.99. The molecule has 0 fully saturated rings. The molecule has 0 saturated heterocycles. The van der Waals surface area contributed by atoms with Gasteiger partial charge >= 0.3 is 0 Å². The molecule has 0 aliphatic heterocycles. The van der Waals surface area contributed by atoms with Crippen LogP contribution in [0.1, 0.15) is 6.42 Å². The predicted molar refractivity (Wildman–Crippen MR) is 106 cm³/mol. The number of ether oxygens (including phenoxy) is 1. The number of carbonyl (C=O) groups excluding carboxylic acids is 1. The molecule has 0 unspecified atom stereocenters. The maximum Gasteiger partial charge on any atom is 0.226 e. The number of nitrogens with zero attached hydrogens (tertiary/aromatic N) is 1. The number of anilines is 2. The number of para-hydroxylation sites is 2. The molecule has 0 aliphatic rings. The first kappa shape index (κ1) is 17.5. The molecular formula is C22H22N2O2. The first-order valence-electron chi connectivity index (χ1n) is 8.60. The average Bonchev–Trinajstić information content (AvgIpc) is 2.69. The summed E-state index contributed by atoms with van der Waals surface area (Å²) in [6, 6.07) is 27.0. The molecule has 3 rings (SSSR count). The summed E-state index contributed by atoms with van der Waals surface area (Å²) in [6.45, 7) is 0.658. The first-order valence-corrected chi connectivity index (χ1v) is 8.60. The number of hydrogen-bond donors (Lipinski definition) is 1. The van der Waals surface area contributed by atoms with Gasteiger partial charge in [-0.25, -0.2) is 0 Å². The Bertz CT molecular complexity index is 818. The van der Waals surface area contributed by atoms with Gasteiger partial charge in [0.25, 0.3) is 0 Å². The van der Waals surface area contributed by atoms with E-state index in [1.165, 1.54) is 0 Å². The van der Waals surface area contributed by atoms with Gasteiger partial charge in [0, 0.05) is 31.4 Å². The lowest BCUT2D eigenvalue weighted by molar-refractivity contribution is -0.116. The molecule has 4 heteroatoms. The minimum absolute atomic E-state index is 0.00971. The van der Waals surface area contributed by atoms with E-state index in [2.05, 4.69) is 10.2 Å². The van der Waals surface area contributed by atoms with Gasteiger partial charge < -0.3 is 15.0 Å². The molecule has 1 amide bonds. The van der Waals surface area contributed by atoms with Gasteiger partial charge in [-0.2, -0.15) is 0 Å². The lowest BCUT2D eigenvalue weighted by Gasteiger charge is -2.18. The summed E-state index contributed by atoms with van der Waals surface area (Å²) in [5.41, 5.74) is 1.86. The van der Waals surface area contributed by atoms with Gasteiger partial charge in [-0.1, -0.05) is 36.4 Å². The van der Waals surface area contributed by atoms with Crippen LogP contribution in [0, 0.1) is 0 Å². The van der Waals surface area contributed by atoms with Crippen molar-refractivity contribution < 1.29 is 9.53 Å². The second kappa shape index (κ2) is 8.72. The fraction of sp³-hybridized carbons (Fsp3) is 0.136. The first-order chi connectivity index (χ1) is 12.7. The van der Waals surface area contributed by atoms with Gasteiger partial charge in [-0.15, -0.1) is 0 Å². The number of hydrogen-bond acceptors (Lipinski definition) is 3. The van der Waals surface area contributed by atoms with E-state index in [-0.39, 0.29) is 5.91 Å². The molecular weight excluding hydrogens is 324 g/mol. The molecule has 1 N–H and O–H groups in total. The Morgan fingerprint density at radius 3 is 2.08 bits per heavy atom. The van der Waals surface area contributed by atoms with Crippen LogP contribution in [0.15, 0.2) is 84.9 Å². The van der Waals surface area contributed by atoms with Crippen LogP contribution < -0.4 is 15.0 Å². The highest BCUT2D eigenvalue weighted by Gasteiger charge is 2.06. The zero-order valence-electron chi connectivity index (χ0n) is 14.8.